The van der Waals surface area contributed by atoms with Crippen molar-refractivity contribution in [2.24, 2.45) is 0 Å². The van der Waals surface area contributed by atoms with Crippen LogP contribution < -0.4 is 5.32 Å². The fourth-order valence-electron chi connectivity index (χ4n) is 3.74. The quantitative estimate of drug-likeness (QED) is 0.394. The van der Waals surface area contributed by atoms with E-state index in [9.17, 15) is 26.0 Å². The van der Waals surface area contributed by atoms with Crippen LogP contribution >= 0.6 is 0 Å². The van der Waals surface area contributed by atoms with Gasteiger partial charge in [0, 0.05) is 31.7 Å². The zero-order chi connectivity index (χ0) is 24.0. The lowest BCUT2D eigenvalue weighted by molar-refractivity contribution is 0.0600. The van der Waals surface area contributed by atoms with E-state index in [1.54, 1.807) is 0 Å². The normalized spacial score (nSPS) is 17.9. The molecule has 1 heterocycles. The number of nitrogens with one attached hydrogen (secondary N) is 1. The van der Waals surface area contributed by atoms with E-state index < -0.39 is 37.8 Å². The van der Waals surface area contributed by atoms with Crippen molar-refractivity contribution >= 4 is 26.7 Å². The number of nitrogens with zero attached hydrogens (tertiary/aromatic N) is 1. The number of carbonyl (C=O) groups is 1. The van der Waals surface area contributed by atoms with Crippen LogP contribution in [0.4, 0.5) is 4.39 Å². The first-order chi connectivity index (χ1) is 15.7. The number of hydrogen-bond donors (Lipinski definition) is 2. The van der Waals surface area contributed by atoms with Crippen molar-refractivity contribution in [2.75, 3.05) is 32.5 Å². The number of halogens is 1. The standard InChI is InChI=1S/C22H27FN2O6S2/c1-31-22(26)18-5-6-19(21(23)13-18)15-25(32(27)28)9-7-16-3-2-4-17(11-16)12-20-14-24-8-10-33(20,29)30/h2-6,11,13,20,24,32H,7-10,12,14-15H2,1H3. The summed E-state index contributed by atoms with van der Waals surface area (Å²) in [6.45, 7) is 0.840. The second-order valence-corrected chi connectivity index (χ2v) is 11.3. The van der Waals surface area contributed by atoms with Crippen molar-refractivity contribution < 1.29 is 30.8 Å². The minimum atomic E-state index is -3.14. The van der Waals surface area contributed by atoms with Gasteiger partial charge in [0.2, 0.25) is 10.9 Å². The molecule has 0 aromatic heterocycles. The maximum Gasteiger partial charge on any atom is 0.337 e. The Kier molecular flexibility index (Phi) is 8.57. The van der Waals surface area contributed by atoms with E-state index in [0.717, 1.165) is 21.5 Å². The van der Waals surface area contributed by atoms with Crippen LogP contribution in [0.25, 0.3) is 0 Å². The van der Waals surface area contributed by atoms with Gasteiger partial charge < -0.3 is 10.1 Å². The first-order valence-electron chi connectivity index (χ1n) is 10.5. The summed E-state index contributed by atoms with van der Waals surface area (Å²) < 4.78 is 68.1. The highest BCUT2D eigenvalue weighted by molar-refractivity contribution is 7.92. The van der Waals surface area contributed by atoms with Crippen molar-refractivity contribution in [1.29, 1.82) is 0 Å². The zero-order valence-corrected chi connectivity index (χ0v) is 19.9. The zero-order valence-electron chi connectivity index (χ0n) is 18.2. The Balaban J connectivity index is 1.66. The van der Waals surface area contributed by atoms with E-state index in [-0.39, 0.29) is 30.0 Å². The summed E-state index contributed by atoms with van der Waals surface area (Å²) in [5.74, 6) is -1.24. The fraction of sp³-hybridized carbons (Fsp3) is 0.409. The Hall–Kier alpha value is -2.34. The van der Waals surface area contributed by atoms with Gasteiger partial charge in [0.1, 0.15) is 5.82 Å². The second kappa shape index (κ2) is 11.2. The lowest BCUT2D eigenvalue weighted by Crippen LogP contribution is -2.44. The molecule has 1 atom stereocenters. The number of thiol groups is 1. The van der Waals surface area contributed by atoms with Crippen molar-refractivity contribution in [2.45, 2.75) is 24.6 Å². The van der Waals surface area contributed by atoms with E-state index in [0.29, 0.717) is 25.9 Å². The van der Waals surface area contributed by atoms with Crippen LogP contribution in [0.2, 0.25) is 0 Å². The minimum absolute atomic E-state index is 0.0452. The number of carbonyl (C=O) groups excluding carboxylic acids is 1. The number of methoxy groups -OCH3 is 1. The van der Waals surface area contributed by atoms with Crippen LogP contribution in [-0.2, 0) is 44.9 Å². The largest absolute Gasteiger partial charge is 0.465 e. The first kappa shape index (κ1) is 25.3. The average Bonchev–Trinajstić information content (AvgIpc) is 2.78. The van der Waals surface area contributed by atoms with E-state index >= 15 is 0 Å². The second-order valence-electron chi connectivity index (χ2n) is 7.89. The summed E-state index contributed by atoms with van der Waals surface area (Å²) in [4.78, 5) is 11.5. The van der Waals surface area contributed by atoms with Gasteiger partial charge in [0.15, 0.2) is 9.84 Å². The Morgan fingerprint density at radius 3 is 2.64 bits per heavy atom. The van der Waals surface area contributed by atoms with Crippen LogP contribution in [0, 0.1) is 5.82 Å². The van der Waals surface area contributed by atoms with E-state index in [4.69, 9.17) is 0 Å². The summed E-state index contributed by atoms with van der Waals surface area (Å²) in [7, 11) is -4.91. The maximum absolute atomic E-state index is 14.4. The SMILES string of the molecule is COC(=O)c1ccc(CN(CCc2cccc(CC3CNCCS3(=O)=O)c2)[SH](=O)=O)c(F)c1. The molecule has 1 unspecified atom stereocenters. The molecule has 0 saturated carbocycles. The molecule has 8 nitrogen and oxygen atoms in total. The molecule has 1 N–H and O–H groups in total. The Morgan fingerprint density at radius 2 is 1.97 bits per heavy atom. The topological polar surface area (TPSA) is 110 Å². The lowest BCUT2D eigenvalue weighted by atomic mass is 10.0. The van der Waals surface area contributed by atoms with Gasteiger partial charge in [-0.2, -0.15) is 4.31 Å². The molecule has 2 aromatic carbocycles. The molecule has 0 aliphatic carbocycles. The summed E-state index contributed by atoms with van der Waals surface area (Å²) in [6.07, 6.45) is 0.773. The lowest BCUT2D eigenvalue weighted by Gasteiger charge is -2.23. The van der Waals surface area contributed by atoms with Gasteiger partial charge in [0.25, 0.3) is 0 Å². The van der Waals surface area contributed by atoms with Gasteiger partial charge in [-0.1, -0.05) is 30.3 Å². The average molecular weight is 499 g/mol. The molecular weight excluding hydrogens is 471 g/mol. The number of ether oxygens (including phenoxy) is 1. The van der Waals surface area contributed by atoms with Gasteiger partial charge in [-0.3, -0.25) is 0 Å². The maximum atomic E-state index is 14.4. The molecule has 1 saturated heterocycles. The van der Waals surface area contributed by atoms with Crippen molar-refractivity contribution in [1.82, 2.24) is 9.62 Å². The number of rotatable bonds is 9. The Morgan fingerprint density at radius 1 is 1.21 bits per heavy atom. The smallest absolute Gasteiger partial charge is 0.337 e. The predicted octanol–water partition coefficient (Wildman–Crippen LogP) is 1.11. The molecule has 0 bridgehead atoms. The van der Waals surface area contributed by atoms with Crippen LogP contribution in [0.15, 0.2) is 42.5 Å². The number of esters is 1. The van der Waals surface area contributed by atoms with Crippen LogP contribution in [0.1, 0.15) is 27.0 Å². The van der Waals surface area contributed by atoms with E-state index in [1.807, 2.05) is 24.3 Å². The highest BCUT2D eigenvalue weighted by Gasteiger charge is 2.28. The Labute approximate surface area is 194 Å². The number of sulfone groups is 1. The highest BCUT2D eigenvalue weighted by Crippen LogP contribution is 2.17. The molecule has 2 aromatic rings. The third-order valence-electron chi connectivity index (χ3n) is 5.61. The van der Waals surface area contributed by atoms with Crippen molar-refractivity contribution in [3.8, 4) is 0 Å². The molecule has 11 heteroatoms. The van der Waals surface area contributed by atoms with Gasteiger partial charge in [-0.05, 0) is 36.1 Å². The van der Waals surface area contributed by atoms with Crippen LogP contribution in [0.5, 0.6) is 0 Å². The molecule has 1 fully saturated rings. The van der Waals surface area contributed by atoms with Crippen molar-refractivity contribution in [3.05, 3.63) is 70.5 Å². The third-order valence-corrected chi connectivity index (χ3v) is 8.54. The molecule has 0 amide bonds. The van der Waals surface area contributed by atoms with Crippen molar-refractivity contribution in [3.63, 3.8) is 0 Å². The number of hydrogen-bond acceptors (Lipinski definition) is 7. The summed E-state index contributed by atoms with van der Waals surface area (Å²) >= 11 is 0. The Bertz CT molecular complexity index is 1180. The molecule has 0 radical (unpaired) electrons. The number of benzene rings is 2. The van der Waals surface area contributed by atoms with Gasteiger partial charge in [0.05, 0.1) is 23.7 Å². The van der Waals surface area contributed by atoms with E-state index in [1.165, 1.54) is 19.2 Å². The molecule has 1 aliphatic rings. The minimum Gasteiger partial charge on any atom is -0.465 e. The fourth-order valence-corrected chi connectivity index (χ4v) is 5.85. The van der Waals surface area contributed by atoms with Crippen LogP contribution in [-0.4, -0.2) is 64.9 Å². The summed E-state index contributed by atoms with van der Waals surface area (Å²) in [5.41, 5.74) is 1.92. The van der Waals surface area contributed by atoms with Gasteiger partial charge >= 0.3 is 5.97 Å². The molecule has 3 rings (SSSR count). The molecule has 1 aliphatic heterocycles. The predicted molar refractivity (Wildman–Crippen MR) is 123 cm³/mol. The molecule has 33 heavy (non-hydrogen) atoms. The summed E-state index contributed by atoms with van der Waals surface area (Å²) in [5, 5.41) is 2.63. The molecular formula is C22H27FN2O6S2. The monoisotopic (exact) mass is 498 g/mol. The molecule has 180 valence electrons. The van der Waals surface area contributed by atoms with Gasteiger partial charge in [-0.25, -0.2) is 26.0 Å². The first-order valence-corrected chi connectivity index (χ1v) is 13.3. The van der Waals surface area contributed by atoms with Gasteiger partial charge in [-0.15, -0.1) is 0 Å². The molecule has 0 spiro atoms. The van der Waals surface area contributed by atoms with Crippen LogP contribution in [0.3, 0.4) is 0 Å². The summed E-state index contributed by atoms with van der Waals surface area (Å²) in [6, 6.07) is 11.2. The highest BCUT2D eigenvalue weighted by atomic mass is 32.2. The third kappa shape index (κ3) is 6.83. The van der Waals surface area contributed by atoms with E-state index in [2.05, 4.69) is 10.1 Å².